The van der Waals surface area contributed by atoms with E-state index in [4.69, 9.17) is 21.7 Å². The Hall–Kier alpha value is -2.60. The van der Waals surface area contributed by atoms with Gasteiger partial charge < -0.3 is 14.8 Å². The van der Waals surface area contributed by atoms with Crippen LogP contribution in [0.1, 0.15) is 11.1 Å². The van der Waals surface area contributed by atoms with Crippen LogP contribution in [-0.2, 0) is 6.54 Å². The van der Waals surface area contributed by atoms with Gasteiger partial charge in [0.05, 0.1) is 20.4 Å². The second-order valence-electron chi connectivity index (χ2n) is 5.02. The lowest BCUT2D eigenvalue weighted by molar-refractivity contribution is 0.394. The molecule has 0 aliphatic heterocycles. The van der Waals surface area contributed by atoms with Gasteiger partial charge in [-0.05, 0) is 29.9 Å². The molecular formula is C18H21N3O2S. The topological polar surface area (TPSA) is 46.1 Å². The third-order valence-corrected chi connectivity index (χ3v) is 3.80. The molecule has 0 radical (unpaired) electrons. The Kier molecular flexibility index (Phi) is 6.57. The molecule has 0 aliphatic carbocycles. The molecule has 0 aromatic heterocycles. The van der Waals surface area contributed by atoms with Crippen LogP contribution >= 0.6 is 12.2 Å². The summed E-state index contributed by atoms with van der Waals surface area (Å²) in [7, 11) is 5.03. The van der Waals surface area contributed by atoms with E-state index in [1.807, 2.05) is 48.5 Å². The zero-order chi connectivity index (χ0) is 17.4. The molecule has 126 valence electrons. The summed E-state index contributed by atoms with van der Waals surface area (Å²) in [6.07, 6.45) is 1.70. The molecular weight excluding hydrogens is 322 g/mol. The van der Waals surface area contributed by atoms with Gasteiger partial charge in [-0.2, -0.15) is 5.10 Å². The van der Waals surface area contributed by atoms with Crippen LogP contribution in [0.4, 0.5) is 0 Å². The first kappa shape index (κ1) is 17.7. The number of rotatable bonds is 6. The quantitative estimate of drug-likeness (QED) is 0.496. The maximum atomic E-state index is 5.35. The highest BCUT2D eigenvalue weighted by Gasteiger charge is 2.05. The molecule has 2 aromatic rings. The van der Waals surface area contributed by atoms with Crippen molar-refractivity contribution in [2.24, 2.45) is 5.10 Å². The highest BCUT2D eigenvalue weighted by Crippen LogP contribution is 2.23. The van der Waals surface area contributed by atoms with Gasteiger partial charge in [0.15, 0.2) is 5.11 Å². The van der Waals surface area contributed by atoms with Crippen LogP contribution in [0.25, 0.3) is 0 Å². The summed E-state index contributed by atoms with van der Waals surface area (Å²) in [5, 5.41) is 9.69. The molecule has 2 aromatic carbocycles. The van der Waals surface area contributed by atoms with E-state index in [0.717, 1.165) is 16.9 Å². The van der Waals surface area contributed by atoms with Crippen LogP contribution in [0.3, 0.4) is 0 Å². The van der Waals surface area contributed by atoms with E-state index >= 15 is 0 Å². The van der Waals surface area contributed by atoms with Crippen molar-refractivity contribution in [3.8, 4) is 11.5 Å². The Balaban J connectivity index is 1.96. The fourth-order valence-electron chi connectivity index (χ4n) is 2.01. The smallest absolute Gasteiger partial charge is 0.189 e. The van der Waals surface area contributed by atoms with Crippen LogP contribution in [-0.4, -0.2) is 37.6 Å². The van der Waals surface area contributed by atoms with Crippen molar-refractivity contribution in [3.05, 3.63) is 59.7 Å². The second-order valence-corrected chi connectivity index (χ2v) is 5.41. The maximum absolute atomic E-state index is 5.35. The number of nitrogens with one attached hydrogen (secondary N) is 1. The first-order valence-electron chi connectivity index (χ1n) is 7.45. The Morgan fingerprint density at radius 2 is 1.92 bits per heavy atom. The summed E-state index contributed by atoms with van der Waals surface area (Å²) in [5.41, 5.74) is 2.00. The van der Waals surface area contributed by atoms with Gasteiger partial charge in [-0.1, -0.05) is 30.3 Å². The van der Waals surface area contributed by atoms with Gasteiger partial charge in [0, 0.05) is 25.2 Å². The zero-order valence-corrected chi connectivity index (χ0v) is 14.8. The minimum absolute atomic E-state index is 0.544. The fraction of sp³-hybridized carbons (Fsp3) is 0.222. The largest absolute Gasteiger partial charge is 0.497 e. The maximum Gasteiger partial charge on any atom is 0.189 e. The molecule has 2 rings (SSSR count). The van der Waals surface area contributed by atoms with Crippen LogP contribution < -0.4 is 14.8 Å². The van der Waals surface area contributed by atoms with Gasteiger partial charge >= 0.3 is 0 Å². The van der Waals surface area contributed by atoms with Crippen molar-refractivity contribution >= 4 is 23.5 Å². The number of methoxy groups -OCH3 is 2. The van der Waals surface area contributed by atoms with E-state index in [-0.39, 0.29) is 0 Å². The second kappa shape index (κ2) is 8.88. The number of benzene rings is 2. The number of hydrazone groups is 1. The Morgan fingerprint density at radius 1 is 1.17 bits per heavy atom. The summed E-state index contributed by atoms with van der Waals surface area (Å²) < 4.78 is 10.5. The molecule has 0 unspecified atom stereocenters. The summed E-state index contributed by atoms with van der Waals surface area (Å²) in [6.45, 7) is 0.658. The monoisotopic (exact) mass is 343 g/mol. The molecule has 0 saturated heterocycles. The minimum atomic E-state index is 0.544. The number of hydrogen-bond acceptors (Lipinski definition) is 4. The molecule has 0 spiro atoms. The lowest BCUT2D eigenvalue weighted by atomic mass is 10.2. The van der Waals surface area contributed by atoms with Crippen molar-refractivity contribution in [2.45, 2.75) is 6.54 Å². The SMILES string of the molecule is COc1ccc(/C=N\N(C)C(=S)NCc2ccccc2)c(OC)c1. The van der Waals surface area contributed by atoms with Crippen molar-refractivity contribution in [3.63, 3.8) is 0 Å². The van der Waals surface area contributed by atoms with Gasteiger partial charge in [-0.3, -0.25) is 0 Å². The average molecular weight is 343 g/mol. The van der Waals surface area contributed by atoms with Crippen molar-refractivity contribution in [1.29, 1.82) is 0 Å². The van der Waals surface area contributed by atoms with E-state index in [1.54, 1.807) is 32.5 Å². The molecule has 0 amide bonds. The number of nitrogens with zero attached hydrogens (tertiary/aromatic N) is 2. The van der Waals surface area contributed by atoms with Gasteiger partial charge in [0.2, 0.25) is 0 Å². The third-order valence-electron chi connectivity index (χ3n) is 3.39. The van der Waals surface area contributed by atoms with Crippen LogP contribution in [0, 0.1) is 0 Å². The first-order chi connectivity index (χ1) is 11.6. The lowest BCUT2D eigenvalue weighted by Crippen LogP contribution is -2.33. The van der Waals surface area contributed by atoms with Gasteiger partial charge in [-0.15, -0.1) is 0 Å². The Labute approximate surface area is 147 Å². The predicted molar refractivity (Wildman–Crippen MR) is 101 cm³/mol. The standard InChI is InChI=1S/C18H21N3O2S/c1-21(18(24)19-12-14-7-5-4-6-8-14)20-13-15-9-10-16(22-2)11-17(15)23-3/h4-11,13H,12H2,1-3H3,(H,19,24)/b20-13-. The molecule has 0 heterocycles. The van der Waals surface area contributed by atoms with E-state index in [2.05, 4.69) is 10.4 Å². The summed E-state index contributed by atoms with van der Waals surface area (Å²) >= 11 is 5.34. The van der Waals surface area contributed by atoms with Crippen molar-refractivity contribution < 1.29 is 9.47 Å². The van der Waals surface area contributed by atoms with Crippen LogP contribution in [0.2, 0.25) is 0 Å². The summed E-state index contributed by atoms with van der Waals surface area (Å²) in [4.78, 5) is 0. The van der Waals surface area contributed by atoms with E-state index in [9.17, 15) is 0 Å². The molecule has 0 atom stereocenters. The highest BCUT2D eigenvalue weighted by molar-refractivity contribution is 7.80. The van der Waals surface area contributed by atoms with E-state index < -0.39 is 0 Å². The molecule has 5 nitrogen and oxygen atoms in total. The average Bonchev–Trinajstić information content (AvgIpc) is 2.64. The third kappa shape index (κ3) is 4.96. The summed E-state index contributed by atoms with van der Waals surface area (Å²) in [5.74, 6) is 1.42. The van der Waals surface area contributed by atoms with Gasteiger partial charge in [0.25, 0.3) is 0 Å². The molecule has 0 bridgehead atoms. The Bertz CT molecular complexity index is 705. The number of hydrogen-bond donors (Lipinski definition) is 1. The minimum Gasteiger partial charge on any atom is -0.497 e. The molecule has 0 saturated carbocycles. The van der Waals surface area contributed by atoms with Crippen molar-refractivity contribution in [1.82, 2.24) is 10.3 Å². The summed E-state index contributed by atoms with van der Waals surface area (Å²) in [6, 6.07) is 15.6. The molecule has 1 N–H and O–H groups in total. The molecule has 0 aliphatic rings. The van der Waals surface area contributed by atoms with Crippen LogP contribution in [0.5, 0.6) is 11.5 Å². The van der Waals surface area contributed by atoms with Crippen molar-refractivity contribution in [2.75, 3.05) is 21.3 Å². The zero-order valence-electron chi connectivity index (χ0n) is 14.0. The van der Waals surface area contributed by atoms with Gasteiger partial charge in [-0.25, -0.2) is 5.01 Å². The fourth-order valence-corrected chi connectivity index (χ4v) is 2.13. The Morgan fingerprint density at radius 3 is 2.58 bits per heavy atom. The predicted octanol–water partition coefficient (Wildman–Crippen LogP) is 3.04. The molecule has 0 fully saturated rings. The normalized spacial score (nSPS) is 10.5. The lowest BCUT2D eigenvalue weighted by Gasteiger charge is -2.16. The molecule has 24 heavy (non-hydrogen) atoms. The van der Waals surface area contributed by atoms with E-state index in [1.165, 1.54) is 0 Å². The molecule has 6 heteroatoms. The number of thiocarbonyl (C=S) groups is 1. The first-order valence-corrected chi connectivity index (χ1v) is 7.86. The van der Waals surface area contributed by atoms with E-state index in [0.29, 0.717) is 17.4 Å². The highest BCUT2D eigenvalue weighted by atomic mass is 32.1. The number of ether oxygens (including phenoxy) is 2. The van der Waals surface area contributed by atoms with Gasteiger partial charge in [0.1, 0.15) is 11.5 Å². The van der Waals surface area contributed by atoms with Crippen LogP contribution in [0.15, 0.2) is 53.6 Å².